The SMILES string of the molecule is COC(=O)C[SH]1C=CC=C1C(=O)O. The lowest BCUT2D eigenvalue weighted by atomic mass is 10.5. The first-order chi connectivity index (χ1) is 6.15. The van der Waals surface area contributed by atoms with E-state index in [0.29, 0.717) is 4.91 Å². The van der Waals surface area contributed by atoms with E-state index in [1.807, 2.05) is 0 Å². The predicted molar refractivity (Wildman–Crippen MR) is 50.7 cm³/mol. The molecule has 0 aromatic carbocycles. The van der Waals surface area contributed by atoms with Crippen LogP contribution in [0.25, 0.3) is 0 Å². The molecule has 72 valence electrons. The maximum absolute atomic E-state index is 10.9. The summed E-state index contributed by atoms with van der Waals surface area (Å²) in [7, 11) is 0.307. The van der Waals surface area contributed by atoms with Gasteiger partial charge in [-0.15, -0.1) is 0 Å². The summed E-state index contributed by atoms with van der Waals surface area (Å²) >= 11 is 0. The fourth-order valence-corrected chi connectivity index (χ4v) is 2.61. The number of carbonyl (C=O) groups excluding carboxylic acids is 1. The van der Waals surface area contributed by atoms with Crippen LogP contribution in [0.4, 0.5) is 0 Å². The Balaban J connectivity index is 2.61. The van der Waals surface area contributed by atoms with Crippen molar-refractivity contribution in [3.8, 4) is 0 Å². The zero-order chi connectivity index (χ0) is 9.84. The number of thiol groups is 1. The van der Waals surface area contributed by atoms with Gasteiger partial charge in [0.15, 0.2) is 0 Å². The van der Waals surface area contributed by atoms with Crippen LogP contribution in [-0.4, -0.2) is 29.9 Å². The number of hydrogen-bond acceptors (Lipinski definition) is 3. The Bertz CT molecular complexity index is 293. The van der Waals surface area contributed by atoms with E-state index in [2.05, 4.69) is 4.74 Å². The third-order valence-corrected chi connectivity index (χ3v) is 3.67. The number of hydrogen-bond donors (Lipinski definition) is 2. The van der Waals surface area contributed by atoms with Gasteiger partial charge in [0.25, 0.3) is 0 Å². The van der Waals surface area contributed by atoms with Crippen LogP contribution in [-0.2, 0) is 14.3 Å². The third-order valence-electron chi connectivity index (χ3n) is 1.58. The largest absolute Gasteiger partial charge is 0.477 e. The Morgan fingerprint density at radius 3 is 2.85 bits per heavy atom. The molecule has 5 heteroatoms. The van der Waals surface area contributed by atoms with Gasteiger partial charge in [0.2, 0.25) is 0 Å². The van der Waals surface area contributed by atoms with Gasteiger partial charge in [-0.3, -0.25) is 4.79 Å². The van der Waals surface area contributed by atoms with E-state index in [4.69, 9.17) is 5.11 Å². The molecule has 4 nitrogen and oxygen atoms in total. The molecule has 0 fully saturated rings. The number of ether oxygens (including phenoxy) is 1. The van der Waals surface area contributed by atoms with Gasteiger partial charge in [-0.1, -0.05) is 6.08 Å². The third kappa shape index (κ3) is 2.35. The molecular weight excluding hydrogens is 192 g/mol. The lowest BCUT2D eigenvalue weighted by Gasteiger charge is -2.12. The van der Waals surface area contributed by atoms with Crippen molar-refractivity contribution in [3.63, 3.8) is 0 Å². The zero-order valence-corrected chi connectivity index (χ0v) is 7.95. The summed E-state index contributed by atoms with van der Waals surface area (Å²) in [6.07, 6.45) is 3.19. The van der Waals surface area contributed by atoms with E-state index in [1.165, 1.54) is 13.2 Å². The molecule has 13 heavy (non-hydrogen) atoms. The molecule has 0 aromatic heterocycles. The highest BCUT2D eigenvalue weighted by Crippen LogP contribution is 2.40. The average molecular weight is 202 g/mol. The monoisotopic (exact) mass is 202 g/mol. The molecular formula is C8H10O4S. The topological polar surface area (TPSA) is 63.6 Å². The Morgan fingerprint density at radius 1 is 1.62 bits per heavy atom. The standard InChI is InChI=1S/C8H10O4S/c1-12-7(9)5-13-4-2-3-6(13)8(10)11/h2-4,13H,5H2,1H3,(H,10,11). The minimum Gasteiger partial charge on any atom is -0.477 e. The van der Waals surface area contributed by atoms with Crippen molar-refractivity contribution in [1.82, 2.24) is 0 Å². The fourth-order valence-electron chi connectivity index (χ4n) is 0.950. The molecule has 1 N–H and O–H groups in total. The first-order valence-corrected chi connectivity index (χ1v) is 5.20. The average Bonchev–Trinajstić information content (AvgIpc) is 2.52. The summed E-state index contributed by atoms with van der Waals surface area (Å²) in [6.45, 7) is 0. The molecule has 0 aromatic rings. The summed E-state index contributed by atoms with van der Waals surface area (Å²) in [5.41, 5.74) is 0. The quantitative estimate of drug-likeness (QED) is 0.521. The van der Waals surface area contributed by atoms with Crippen LogP contribution < -0.4 is 0 Å². The maximum atomic E-state index is 10.9. The van der Waals surface area contributed by atoms with E-state index >= 15 is 0 Å². The van der Waals surface area contributed by atoms with Crippen molar-refractivity contribution in [2.75, 3.05) is 12.9 Å². The summed E-state index contributed by atoms with van der Waals surface area (Å²) in [6, 6.07) is 0. The highest BCUT2D eigenvalue weighted by Gasteiger charge is 2.20. The van der Waals surface area contributed by atoms with E-state index in [0.717, 1.165) is 0 Å². The van der Waals surface area contributed by atoms with Crippen LogP contribution in [0.1, 0.15) is 0 Å². The minimum absolute atomic E-state index is 0.153. The number of rotatable bonds is 3. The first-order valence-electron chi connectivity index (χ1n) is 3.60. The second-order valence-electron chi connectivity index (χ2n) is 2.40. The molecule has 0 bridgehead atoms. The van der Waals surface area contributed by atoms with Crippen molar-refractivity contribution >= 4 is 22.8 Å². The van der Waals surface area contributed by atoms with Gasteiger partial charge in [0, 0.05) is 0 Å². The second kappa shape index (κ2) is 4.13. The maximum Gasteiger partial charge on any atom is 0.340 e. The van der Waals surface area contributed by atoms with Crippen molar-refractivity contribution in [3.05, 3.63) is 22.5 Å². The van der Waals surface area contributed by atoms with Gasteiger partial charge in [-0.2, -0.15) is 10.9 Å². The van der Waals surface area contributed by atoms with Crippen LogP contribution in [0.2, 0.25) is 0 Å². The molecule has 1 aliphatic rings. The summed E-state index contributed by atoms with van der Waals surface area (Å²) in [5.74, 6) is -1.18. The van der Waals surface area contributed by atoms with Gasteiger partial charge in [0.05, 0.1) is 17.8 Å². The Hall–Kier alpha value is -1.23. The van der Waals surface area contributed by atoms with Crippen molar-refractivity contribution in [1.29, 1.82) is 0 Å². The van der Waals surface area contributed by atoms with E-state index in [9.17, 15) is 9.59 Å². The minimum atomic E-state index is -0.987. The number of methoxy groups -OCH3 is 1. The van der Waals surface area contributed by atoms with E-state index < -0.39 is 16.9 Å². The summed E-state index contributed by atoms with van der Waals surface area (Å²) < 4.78 is 4.46. The molecule has 1 aliphatic heterocycles. The van der Waals surface area contributed by atoms with Gasteiger partial charge in [-0.25, -0.2) is 4.79 Å². The normalized spacial score (nSPS) is 22.5. The second-order valence-corrected chi connectivity index (χ2v) is 4.44. The first kappa shape index (κ1) is 9.85. The fraction of sp³-hybridized carbons (Fsp3) is 0.250. The van der Waals surface area contributed by atoms with Crippen LogP contribution >= 0.6 is 10.9 Å². The Labute approximate surface area is 78.2 Å². The van der Waals surface area contributed by atoms with E-state index in [-0.39, 0.29) is 11.7 Å². The summed E-state index contributed by atoms with van der Waals surface area (Å²) in [5, 5.41) is 10.5. The molecule has 0 saturated heterocycles. The number of allylic oxidation sites excluding steroid dienone is 2. The van der Waals surface area contributed by atoms with Crippen molar-refractivity contribution < 1.29 is 19.4 Å². The van der Waals surface area contributed by atoms with E-state index in [1.54, 1.807) is 11.5 Å². The molecule has 0 aliphatic carbocycles. The molecule has 0 radical (unpaired) electrons. The Kier molecular flexibility index (Phi) is 3.13. The van der Waals surface area contributed by atoms with Gasteiger partial charge in [0.1, 0.15) is 0 Å². The lowest BCUT2D eigenvalue weighted by Crippen LogP contribution is -2.09. The molecule has 0 spiro atoms. The van der Waals surface area contributed by atoms with Crippen LogP contribution in [0.5, 0.6) is 0 Å². The Morgan fingerprint density at radius 2 is 2.31 bits per heavy atom. The van der Waals surface area contributed by atoms with Crippen LogP contribution in [0, 0.1) is 0 Å². The molecule has 1 heterocycles. The molecule has 1 unspecified atom stereocenters. The molecule has 1 atom stereocenters. The number of carbonyl (C=O) groups is 2. The van der Waals surface area contributed by atoms with Gasteiger partial charge >= 0.3 is 11.9 Å². The highest BCUT2D eigenvalue weighted by molar-refractivity contribution is 8.24. The van der Waals surface area contributed by atoms with Crippen LogP contribution in [0.15, 0.2) is 22.5 Å². The number of esters is 1. The molecule has 0 saturated carbocycles. The lowest BCUT2D eigenvalue weighted by molar-refractivity contribution is -0.137. The summed E-state index contributed by atoms with van der Waals surface area (Å²) in [4.78, 5) is 21.8. The predicted octanol–water partition coefficient (Wildman–Crippen LogP) is 0.656. The van der Waals surface area contributed by atoms with Crippen molar-refractivity contribution in [2.24, 2.45) is 0 Å². The van der Waals surface area contributed by atoms with Gasteiger partial charge < -0.3 is 9.84 Å². The number of aliphatic carboxylic acids is 1. The molecule has 1 rings (SSSR count). The molecule has 0 amide bonds. The number of carboxylic acid groups (broad SMARTS) is 1. The van der Waals surface area contributed by atoms with Crippen LogP contribution in [0.3, 0.4) is 0 Å². The smallest absolute Gasteiger partial charge is 0.340 e. The van der Waals surface area contributed by atoms with Crippen molar-refractivity contribution in [2.45, 2.75) is 0 Å². The zero-order valence-electron chi connectivity index (χ0n) is 7.06. The van der Waals surface area contributed by atoms with Gasteiger partial charge in [-0.05, 0) is 11.5 Å². The number of carboxylic acids is 1. The highest BCUT2D eigenvalue weighted by atomic mass is 32.2.